The van der Waals surface area contributed by atoms with E-state index in [0.717, 1.165) is 17.8 Å². The Kier molecular flexibility index (Phi) is 4.75. The number of benzene rings is 1. The second-order valence-corrected chi connectivity index (χ2v) is 4.33. The van der Waals surface area contributed by atoms with Crippen molar-refractivity contribution in [2.75, 3.05) is 0 Å². The molecule has 0 N–H and O–H groups in total. The van der Waals surface area contributed by atoms with Crippen LogP contribution in [0.25, 0.3) is 5.70 Å². The highest BCUT2D eigenvalue weighted by molar-refractivity contribution is 5.64. The van der Waals surface area contributed by atoms with Crippen LogP contribution in [0.2, 0.25) is 0 Å². The zero-order valence-corrected chi connectivity index (χ0v) is 11.2. The van der Waals surface area contributed by atoms with Gasteiger partial charge in [0.2, 0.25) is 0 Å². The zero-order valence-electron chi connectivity index (χ0n) is 11.2. The van der Waals surface area contributed by atoms with Gasteiger partial charge in [-0.05, 0) is 38.5 Å². The largest absolute Gasteiger partial charge is 0.416 e. The van der Waals surface area contributed by atoms with Gasteiger partial charge in [-0.15, -0.1) is 0 Å². The van der Waals surface area contributed by atoms with Gasteiger partial charge in [-0.25, -0.2) is 0 Å². The second kappa shape index (κ2) is 5.91. The predicted octanol–water partition coefficient (Wildman–Crippen LogP) is 4.39. The van der Waals surface area contributed by atoms with Crippen LogP contribution >= 0.6 is 0 Å². The SMILES string of the molecule is C=NN(/C(=C\C)c1ccc(C(F)(F)F)cc1)C(C)C. The lowest BCUT2D eigenvalue weighted by Gasteiger charge is -2.26. The van der Waals surface area contributed by atoms with Gasteiger partial charge in [0, 0.05) is 12.8 Å². The number of alkyl halides is 3. The molecule has 0 saturated carbocycles. The molecule has 0 aliphatic heterocycles. The number of hydrazone groups is 1. The van der Waals surface area contributed by atoms with E-state index in [-0.39, 0.29) is 6.04 Å². The fourth-order valence-electron chi connectivity index (χ4n) is 1.78. The minimum atomic E-state index is -4.32. The number of halogens is 3. The summed E-state index contributed by atoms with van der Waals surface area (Å²) in [6, 6.07) is 5.10. The quantitative estimate of drug-likeness (QED) is 0.585. The summed E-state index contributed by atoms with van der Waals surface area (Å²) < 4.78 is 37.5. The summed E-state index contributed by atoms with van der Waals surface area (Å²) >= 11 is 0. The molecule has 0 amide bonds. The predicted molar refractivity (Wildman–Crippen MR) is 71.6 cm³/mol. The molecule has 0 fully saturated rings. The van der Waals surface area contributed by atoms with E-state index in [1.54, 1.807) is 11.1 Å². The molecule has 0 spiro atoms. The smallest absolute Gasteiger partial charge is 0.263 e. The van der Waals surface area contributed by atoms with Crippen molar-refractivity contribution in [1.29, 1.82) is 0 Å². The number of allylic oxidation sites excluding steroid dienone is 1. The maximum Gasteiger partial charge on any atom is 0.416 e. The molecule has 0 aliphatic rings. The Balaban J connectivity index is 3.11. The highest BCUT2D eigenvalue weighted by atomic mass is 19.4. The molecule has 104 valence electrons. The first-order chi connectivity index (χ1) is 8.81. The van der Waals surface area contributed by atoms with E-state index in [4.69, 9.17) is 0 Å². The molecule has 0 unspecified atom stereocenters. The van der Waals surface area contributed by atoms with E-state index >= 15 is 0 Å². The third-order valence-electron chi connectivity index (χ3n) is 2.67. The van der Waals surface area contributed by atoms with Gasteiger partial charge in [0.15, 0.2) is 0 Å². The van der Waals surface area contributed by atoms with E-state index in [1.165, 1.54) is 12.1 Å². The molecule has 0 bridgehead atoms. The average molecular weight is 270 g/mol. The van der Waals surface area contributed by atoms with E-state index < -0.39 is 11.7 Å². The fraction of sp³-hybridized carbons (Fsp3) is 0.357. The Hall–Kier alpha value is -1.78. The van der Waals surface area contributed by atoms with Crippen molar-refractivity contribution in [2.45, 2.75) is 33.0 Å². The van der Waals surface area contributed by atoms with Crippen molar-refractivity contribution in [3.8, 4) is 0 Å². The van der Waals surface area contributed by atoms with Gasteiger partial charge in [-0.3, -0.25) is 5.01 Å². The van der Waals surface area contributed by atoms with Gasteiger partial charge in [-0.2, -0.15) is 18.3 Å². The van der Waals surface area contributed by atoms with Gasteiger partial charge in [0.25, 0.3) is 0 Å². The lowest BCUT2D eigenvalue weighted by atomic mass is 10.1. The van der Waals surface area contributed by atoms with Crippen molar-refractivity contribution in [1.82, 2.24) is 5.01 Å². The third-order valence-corrected chi connectivity index (χ3v) is 2.67. The van der Waals surface area contributed by atoms with Crippen LogP contribution in [-0.4, -0.2) is 17.8 Å². The average Bonchev–Trinajstić information content (AvgIpc) is 2.34. The van der Waals surface area contributed by atoms with Crippen LogP contribution in [0.1, 0.15) is 31.9 Å². The summed E-state index contributed by atoms with van der Waals surface area (Å²) in [5.74, 6) is 0. The molecule has 0 aromatic heterocycles. The maximum atomic E-state index is 12.5. The van der Waals surface area contributed by atoms with Crippen LogP contribution in [-0.2, 0) is 6.18 Å². The number of hydrogen-bond acceptors (Lipinski definition) is 2. The van der Waals surface area contributed by atoms with E-state index in [9.17, 15) is 13.2 Å². The highest BCUT2D eigenvalue weighted by Gasteiger charge is 2.30. The number of nitrogens with zero attached hydrogens (tertiary/aromatic N) is 2. The van der Waals surface area contributed by atoms with Gasteiger partial charge in [0.05, 0.1) is 11.3 Å². The Morgan fingerprint density at radius 3 is 2.11 bits per heavy atom. The monoisotopic (exact) mass is 270 g/mol. The minimum Gasteiger partial charge on any atom is -0.263 e. The lowest BCUT2D eigenvalue weighted by molar-refractivity contribution is -0.137. The Morgan fingerprint density at radius 2 is 1.79 bits per heavy atom. The summed E-state index contributed by atoms with van der Waals surface area (Å²) in [5, 5.41) is 5.57. The zero-order chi connectivity index (χ0) is 14.6. The topological polar surface area (TPSA) is 15.6 Å². The molecule has 19 heavy (non-hydrogen) atoms. The van der Waals surface area contributed by atoms with Crippen LogP contribution in [0, 0.1) is 0 Å². The summed E-state index contributed by atoms with van der Waals surface area (Å²) in [5.41, 5.74) is 0.754. The molecule has 1 aromatic carbocycles. The molecular formula is C14H17F3N2. The van der Waals surface area contributed by atoms with E-state index in [1.807, 2.05) is 20.8 Å². The first-order valence-electron chi connectivity index (χ1n) is 5.91. The maximum absolute atomic E-state index is 12.5. The number of hydrogen-bond donors (Lipinski definition) is 0. The molecule has 2 nitrogen and oxygen atoms in total. The van der Waals surface area contributed by atoms with Gasteiger partial charge >= 0.3 is 6.18 Å². The lowest BCUT2D eigenvalue weighted by Crippen LogP contribution is -2.23. The minimum absolute atomic E-state index is 0.0750. The van der Waals surface area contributed by atoms with Crippen LogP contribution in [0.4, 0.5) is 13.2 Å². The third kappa shape index (κ3) is 3.59. The first kappa shape index (κ1) is 15.3. The van der Waals surface area contributed by atoms with E-state index in [0.29, 0.717) is 5.56 Å². The molecule has 0 radical (unpaired) electrons. The second-order valence-electron chi connectivity index (χ2n) is 4.33. The summed E-state index contributed by atoms with van der Waals surface area (Å²) in [6.45, 7) is 9.17. The van der Waals surface area contributed by atoms with Crippen molar-refractivity contribution >= 4 is 12.4 Å². The summed E-state index contributed by atoms with van der Waals surface area (Å²) in [7, 11) is 0. The van der Waals surface area contributed by atoms with Crippen LogP contribution in [0.3, 0.4) is 0 Å². The fourth-order valence-corrected chi connectivity index (χ4v) is 1.78. The Labute approximate surface area is 111 Å². The molecule has 1 rings (SSSR count). The van der Waals surface area contributed by atoms with Gasteiger partial charge in [-0.1, -0.05) is 18.2 Å². The molecule has 0 saturated heterocycles. The summed E-state index contributed by atoms with van der Waals surface area (Å²) in [6.07, 6.45) is -2.51. The Morgan fingerprint density at radius 1 is 1.26 bits per heavy atom. The van der Waals surface area contributed by atoms with Crippen molar-refractivity contribution in [2.24, 2.45) is 5.10 Å². The van der Waals surface area contributed by atoms with Crippen molar-refractivity contribution in [3.05, 3.63) is 41.5 Å². The van der Waals surface area contributed by atoms with E-state index in [2.05, 4.69) is 11.8 Å². The molecule has 0 atom stereocenters. The van der Waals surface area contributed by atoms with Crippen molar-refractivity contribution < 1.29 is 13.2 Å². The molecule has 1 aromatic rings. The molecule has 5 heteroatoms. The van der Waals surface area contributed by atoms with Crippen LogP contribution in [0.15, 0.2) is 35.4 Å². The Bertz CT molecular complexity index is 459. The summed E-state index contributed by atoms with van der Waals surface area (Å²) in [4.78, 5) is 0. The highest BCUT2D eigenvalue weighted by Crippen LogP contribution is 2.31. The van der Waals surface area contributed by atoms with Gasteiger partial charge in [0.1, 0.15) is 0 Å². The molecular weight excluding hydrogens is 253 g/mol. The van der Waals surface area contributed by atoms with Crippen LogP contribution in [0.5, 0.6) is 0 Å². The number of rotatable bonds is 4. The van der Waals surface area contributed by atoms with Crippen LogP contribution < -0.4 is 0 Å². The first-order valence-corrected chi connectivity index (χ1v) is 5.91. The standard InChI is InChI=1S/C14H17F3N2/c1-5-13(19(18-4)10(2)3)11-6-8-12(9-7-11)14(15,16)17/h5-10H,4H2,1-3H3/b13-5-. The normalized spacial score (nSPS) is 12.7. The van der Waals surface area contributed by atoms with Gasteiger partial charge < -0.3 is 0 Å². The molecule has 0 heterocycles. The van der Waals surface area contributed by atoms with Crippen molar-refractivity contribution in [3.63, 3.8) is 0 Å². The molecule has 0 aliphatic carbocycles.